The summed E-state index contributed by atoms with van der Waals surface area (Å²) >= 11 is 0. The van der Waals surface area contributed by atoms with Gasteiger partial charge in [0.1, 0.15) is 6.61 Å². The molecule has 116 valence electrons. The maximum atomic E-state index is 12.0. The van der Waals surface area contributed by atoms with Crippen LogP contribution in [0.25, 0.3) is 0 Å². The third kappa shape index (κ3) is 9.04. The Hall–Kier alpha value is -0.940. The molecule has 0 unspecified atom stereocenters. The smallest absolute Gasteiger partial charge is 0.456 e. The van der Waals surface area contributed by atoms with E-state index in [-0.39, 0.29) is 13.2 Å². The van der Waals surface area contributed by atoms with Gasteiger partial charge in [0, 0.05) is 19.6 Å². The molecule has 0 rings (SSSR count). The molecule has 0 N–H and O–H groups in total. The van der Waals surface area contributed by atoms with Gasteiger partial charge in [-0.05, 0) is 13.8 Å². The van der Waals surface area contributed by atoms with Crippen molar-refractivity contribution in [1.29, 1.82) is 0 Å². The molecule has 0 spiro atoms. The molecule has 0 heterocycles. The standard InChI is InChI=1S/C13H25N2O4P/c1-5-9-15(10-6-2)11-12-17-13-14-20(16,18-7-3)19-8-4/h5-6,13H,1-2,7-12H2,3-4H3. The Bertz CT molecular complexity index is 327. The zero-order chi connectivity index (χ0) is 15.3. The van der Waals surface area contributed by atoms with E-state index in [1.54, 1.807) is 13.8 Å². The maximum absolute atomic E-state index is 12.0. The minimum atomic E-state index is -3.41. The van der Waals surface area contributed by atoms with Gasteiger partial charge in [-0.25, -0.2) is 4.57 Å². The minimum absolute atomic E-state index is 0.265. The van der Waals surface area contributed by atoms with Crippen LogP contribution >= 0.6 is 7.75 Å². The van der Waals surface area contributed by atoms with E-state index >= 15 is 0 Å². The van der Waals surface area contributed by atoms with Crippen molar-refractivity contribution < 1.29 is 18.3 Å². The molecule has 7 heteroatoms. The zero-order valence-corrected chi connectivity index (χ0v) is 13.3. The molecule has 0 saturated heterocycles. The second kappa shape index (κ2) is 11.9. The third-order valence-corrected chi connectivity index (χ3v) is 3.69. The Labute approximate surface area is 121 Å². The molecular formula is C13H25N2O4P. The van der Waals surface area contributed by atoms with Gasteiger partial charge < -0.3 is 4.74 Å². The zero-order valence-electron chi connectivity index (χ0n) is 12.4. The predicted molar refractivity (Wildman–Crippen MR) is 82.1 cm³/mol. The first-order chi connectivity index (χ1) is 9.61. The van der Waals surface area contributed by atoms with Gasteiger partial charge in [-0.3, -0.25) is 13.9 Å². The van der Waals surface area contributed by atoms with Gasteiger partial charge in [-0.15, -0.1) is 17.9 Å². The fraction of sp³-hybridized carbons (Fsp3) is 0.615. The van der Waals surface area contributed by atoms with Gasteiger partial charge >= 0.3 is 7.75 Å². The van der Waals surface area contributed by atoms with E-state index in [0.717, 1.165) is 19.5 Å². The number of nitrogens with zero attached hydrogens (tertiary/aromatic N) is 2. The maximum Gasteiger partial charge on any atom is 0.456 e. The van der Waals surface area contributed by atoms with Crippen molar-refractivity contribution in [3.8, 4) is 0 Å². The lowest BCUT2D eigenvalue weighted by atomic mass is 10.4. The molecule has 0 aromatic carbocycles. The molecule has 0 aromatic rings. The lowest BCUT2D eigenvalue weighted by Gasteiger charge is -2.17. The predicted octanol–water partition coefficient (Wildman–Crippen LogP) is 2.89. The van der Waals surface area contributed by atoms with Crippen LogP contribution in [0.2, 0.25) is 0 Å². The van der Waals surface area contributed by atoms with E-state index in [0.29, 0.717) is 13.2 Å². The second-order valence-electron chi connectivity index (χ2n) is 3.73. The van der Waals surface area contributed by atoms with Gasteiger partial charge in [0.25, 0.3) is 0 Å². The van der Waals surface area contributed by atoms with Gasteiger partial charge in [-0.2, -0.15) is 0 Å². The molecular weight excluding hydrogens is 279 g/mol. The highest BCUT2D eigenvalue weighted by Gasteiger charge is 2.21. The first kappa shape index (κ1) is 19.1. The third-order valence-electron chi connectivity index (χ3n) is 2.15. The highest BCUT2D eigenvalue weighted by atomic mass is 31.2. The van der Waals surface area contributed by atoms with Crippen molar-refractivity contribution in [2.45, 2.75) is 13.8 Å². The summed E-state index contributed by atoms with van der Waals surface area (Å²) in [5.74, 6) is 0. The molecule has 0 fully saturated rings. The molecule has 0 aliphatic rings. The van der Waals surface area contributed by atoms with E-state index < -0.39 is 7.75 Å². The fourth-order valence-electron chi connectivity index (χ4n) is 1.38. The SMILES string of the molecule is C=CCN(CC=C)CCOC=NP(=O)(OCC)OCC. The van der Waals surface area contributed by atoms with Crippen LogP contribution in [-0.4, -0.2) is 50.8 Å². The summed E-state index contributed by atoms with van der Waals surface area (Å²) in [5, 5.41) is 0. The van der Waals surface area contributed by atoms with E-state index in [2.05, 4.69) is 22.8 Å². The lowest BCUT2D eigenvalue weighted by Crippen LogP contribution is -2.27. The first-order valence-corrected chi connectivity index (χ1v) is 8.10. The molecule has 0 radical (unpaired) electrons. The van der Waals surface area contributed by atoms with E-state index in [1.165, 1.54) is 0 Å². The van der Waals surface area contributed by atoms with Crippen LogP contribution in [0, 0.1) is 0 Å². The van der Waals surface area contributed by atoms with Crippen molar-refractivity contribution in [3.63, 3.8) is 0 Å². The molecule has 20 heavy (non-hydrogen) atoms. The van der Waals surface area contributed by atoms with Crippen LogP contribution in [-0.2, 0) is 18.3 Å². The number of ether oxygens (including phenoxy) is 1. The first-order valence-electron chi connectivity index (χ1n) is 6.60. The summed E-state index contributed by atoms with van der Waals surface area (Å²) in [6.45, 7) is 14.0. The topological polar surface area (TPSA) is 60.4 Å². The summed E-state index contributed by atoms with van der Waals surface area (Å²) in [4.78, 5) is 2.10. The summed E-state index contributed by atoms with van der Waals surface area (Å²) in [7, 11) is -3.41. The summed E-state index contributed by atoms with van der Waals surface area (Å²) in [5.41, 5.74) is 0. The quantitative estimate of drug-likeness (QED) is 0.172. The molecule has 0 aromatic heterocycles. The Kier molecular flexibility index (Phi) is 11.3. The average molecular weight is 304 g/mol. The minimum Gasteiger partial charge on any atom is -0.482 e. The van der Waals surface area contributed by atoms with Gasteiger partial charge in [-0.1, -0.05) is 12.2 Å². The Morgan fingerprint density at radius 3 is 2.15 bits per heavy atom. The van der Waals surface area contributed by atoms with Crippen molar-refractivity contribution >= 4 is 14.1 Å². The van der Waals surface area contributed by atoms with Crippen molar-refractivity contribution in [2.24, 2.45) is 4.76 Å². The number of rotatable bonds is 13. The second-order valence-corrected chi connectivity index (χ2v) is 5.42. The summed E-state index contributed by atoms with van der Waals surface area (Å²) < 4.78 is 30.9. The van der Waals surface area contributed by atoms with Crippen LogP contribution in [0.15, 0.2) is 30.1 Å². The molecule has 0 aliphatic carbocycles. The number of hydrogen-bond donors (Lipinski definition) is 0. The molecule has 6 nitrogen and oxygen atoms in total. The largest absolute Gasteiger partial charge is 0.482 e. The summed E-state index contributed by atoms with van der Waals surface area (Å²) in [6.07, 6.45) is 4.76. The summed E-state index contributed by atoms with van der Waals surface area (Å²) in [6, 6.07) is 0. The highest BCUT2D eigenvalue weighted by Crippen LogP contribution is 2.49. The Morgan fingerprint density at radius 1 is 1.15 bits per heavy atom. The highest BCUT2D eigenvalue weighted by molar-refractivity contribution is 7.52. The van der Waals surface area contributed by atoms with E-state index in [1.807, 2.05) is 12.2 Å². The van der Waals surface area contributed by atoms with Crippen molar-refractivity contribution in [3.05, 3.63) is 25.3 Å². The van der Waals surface area contributed by atoms with E-state index in [9.17, 15) is 4.57 Å². The van der Waals surface area contributed by atoms with Gasteiger partial charge in [0.2, 0.25) is 0 Å². The monoisotopic (exact) mass is 304 g/mol. The lowest BCUT2D eigenvalue weighted by molar-refractivity contribution is 0.217. The molecule has 0 aliphatic heterocycles. The molecule has 0 atom stereocenters. The normalized spacial score (nSPS) is 11.9. The van der Waals surface area contributed by atoms with Crippen LogP contribution in [0.1, 0.15) is 13.8 Å². The van der Waals surface area contributed by atoms with Crippen molar-refractivity contribution in [1.82, 2.24) is 4.90 Å². The van der Waals surface area contributed by atoms with Crippen LogP contribution in [0.3, 0.4) is 0 Å². The van der Waals surface area contributed by atoms with E-state index in [4.69, 9.17) is 13.8 Å². The van der Waals surface area contributed by atoms with Gasteiger partial charge in [0.05, 0.1) is 13.2 Å². The Balaban J connectivity index is 4.12. The number of hydrogen-bond acceptors (Lipinski definition) is 5. The Morgan fingerprint density at radius 2 is 1.70 bits per heavy atom. The molecule has 0 bridgehead atoms. The molecule has 0 saturated carbocycles. The van der Waals surface area contributed by atoms with Crippen LogP contribution in [0.4, 0.5) is 0 Å². The average Bonchev–Trinajstić information content (AvgIpc) is 2.39. The van der Waals surface area contributed by atoms with Crippen molar-refractivity contribution in [2.75, 3.05) is 39.5 Å². The molecule has 0 amide bonds. The van der Waals surface area contributed by atoms with Gasteiger partial charge in [0.15, 0.2) is 6.40 Å². The van der Waals surface area contributed by atoms with Crippen LogP contribution < -0.4 is 0 Å². The fourth-order valence-corrected chi connectivity index (χ4v) is 2.42. The van der Waals surface area contributed by atoms with Crippen LogP contribution in [0.5, 0.6) is 0 Å².